The van der Waals surface area contributed by atoms with E-state index in [4.69, 9.17) is 9.15 Å². The van der Waals surface area contributed by atoms with Crippen molar-refractivity contribution in [3.8, 4) is 5.75 Å². The fourth-order valence-corrected chi connectivity index (χ4v) is 3.65. The molecular formula is C25H28N4O4. The van der Waals surface area contributed by atoms with Crippen LogP contribution in [-0.4, -0.2) is 56.5 Å². The lowest BCUT2D eigenvalue weighted by atomic mass is 10.1. The normalized spacial score (nSPS) is 14.1. The van der Waals surface area contributed by atoms with Crippen LogP contribution < -0.4 is 20.3 Å². The number of rotatable bonds is 7. The molecule has 0 aliphatic carbocycles. The molecule has 1 aliphatic rings. The van der Waals surface area contributed by atoms with Crippen LogP contribution in [0.25, 0.3) is 0 Å². The number of hydrogen-bond donors (Lipinski definition) is 2. The largest absolute Gasteiger partial charge is 0.484 e. The van der Waals surface area contributed by atoms with E-state index in [1.807, 2.05) is 19.1 Å². The minimum Gasteiger partial charge on any atom is -0.484 e. The Morgan fingerprint density at radius 2 is 1.82 bits per heavy atom. The summed E-state index contributed by atoms with van der Waals surface area (Å²) in [5, 5.41) is 5.64. The van der Waals surface area contributed by atoms with Gasteiger partial charge >= 0.3 is 0 Å². The predicted octanol–water partition coefficient (Wildman–Crippen LogP) is 3.61. The molecule has 1 aromatic heterocycles. The van der Waals surface area contributed by atoms with Crippen LogP contribution in [0.4, 0.5) is 17.1 Å². The highest BCUT2D eigenvalue weighted by molar-refractivity contribution is 6.02. The van der Waals surface area contributed by atoms with E-state index in [1.165, 1.54) is 12.0 Å². The van der Waals surface area contributed by atoms with Gasteiger partial charge in [-0.25, -0.2) is 0 Å². The molecule has 172 valence electrons. The van der Waals surface area contributed by atoms with Crippen LogP contribution in [-0.2, 0) is 4.79 Å². The second-order valence-electron chi connectivity index (χ2n) is 8.09. The standard InChI is InChI=1S/C25H28N4O4/c1-18-15-20(29-12-10-28(2)11-13-29)8-9-22(18)27-24(30)17-33-21-6-3-5-19(16-21)26-25(31)23-7-4-14-32-23/h3-9,14-16H,10-13,17H2,1-2H3,(H,26,31)(H,27,30). The molecule has 2 aromatic carbocycles. The fraction of sp³-hybridized carbons (Fsp3) is 0.280. The number of carbonyl (C=O) groups is 2. The minimum atomic E-state index is -0.356. The van der Waals surface area contributed by atoms with E-state index in [1.54, 1.807) is 36.4 Å². The molecule has 8 heteroatoms. The van der Waals surface area contributed by atoms with E-state index in [2.05, 4.69) is 33.5 Å². The molecule has 8 nitrogen and oxygen atoms in total. The van der Waals surface area contributed by atoms with E-state index in [0.717, 1.165) is 37.4 Å². The molecule has 0 atom stereocenters. The van der Waals surface area contributed by atoms with E-state index in [0.29, 0.717) is 11.4 Å². The molecule has 0 radical (unpaired) electrons. The van der Waals surface area contributed by atoms with Gasteiger partial charge in [0.05, 0.1) is 6.26 Å². The molecule has 4 rings (SSSR count). The maximum Gasteiger partial charge on any atom is 0.291 e. The van der Waals surface area contributed by atoms with Crippen molar-refractivity contribution in [2.75, 3.05) is 55.4 Å². The summed E-state index contributed by atoms with van der Waals surface area (Å²) in [7, 11) is 2.14. The van der Waals surface area contributed by atoms with E-state index >= 15 is 0 Å². The van der Waals surface area contributed by atoms with Crippen molar-refractivity contribution in [1.29, 1.82) is 0 Å². The topological polar surface area (TPSA) is 87.0 Å². The van der Waals surface area contributed by atoms with Crippen LogP contribution in [0.5, 0.6) is 5.75 Å². The number of piperazine rings is 1. The maximum atomic E-state index is 12.4. The molecule has 1 aliphatic heterocycles. The zero-order chi connectivity index (χ0) is 23.2. The van der Waals surface area contributed by atoms with Crippen molar-refractivity contribution in [2.45, 2.75) is 6.92 Å². The molecular weight excluding hydrogens is 420 g/mol. The first-order valence-corrected chi connectivity index (χ1v) is 10.9. The van der Waals surface area contributed by atoms with Gasteiger partial charge in [0.15, 0.2) is 12.4 Å². The van der Waals surface area contributed by atoms with Crippen LogP contribution in [0.15, 0.2) is 65.3 Å². The van der Waals surface area contributed by atoms with Crippen molar-refractivity contribution < 1.29 is 18.7 Å². The van der Waals surface area contributed by atoms with Gasteiger partial charge in [0.25, 0.3) is 11.8 Å². The molecule has 1 saturated heterocycles. The third-order valence-electron chi connectivity index (χ3n) is 5.56. The number of aryl methyl sites for hydroxylation is 1. The molecule has 2 N–H and O–H groups in total. The van der Waals surface area contributed by atoms with E-state index < -0.39 is 0 Å². The number of likely N-dealkylation sites (N-methyl/N-ethyl adjacent to an activating group) is 1. The van der Waals surface area contributed by atoms with Crippen LogP contribution in [0.3, 0.4) is 0 Å². The van der Waals surface area contributed by atoms with Crippen molar-refractivity contribution >= 4 is 28.9 Å². The minimum absolute atomic E-state index is 0.144. The highest BCUT2D eigenvalue weighted by atomic mass is 16.5. The van der Waals surface area contributed by atoms with Gasteiger partial charge in [-0.1, -0.05) is 6.07 Å². The third-order valence-corrected chi connectivity index (χ3v) is 5.56. The van der Waals surface area contributed by atoms with Gasteiger partial charge in [0, 0.05) is 49.3 Å². The number of anilines is 3. The van der Waals surface area contributed by atoms with Crippen LogP contribution >= 0.6 is 0 Å². The van der Waals surface area contributed by atoms with E-state index in [9.17, 15) is 9.59 Å². The second-order valence-corrected chi connectivity index (χ2v) is 8.09. The Morgan fingerprint density at radius 1 is 1.00 bits per heavy atom. The van der Waals surface area contributed by atoms with Gasteiger partial charge in [-0.2, -0.15) is 0 Å². The molecule has 2 heterocycles. The first-order valence-electron chi connectivity index (χ1n) is 10.9. The van der Waals surface area contributed by atoms with Gasteiger partial charge < -0.3 is 29.6 Å². The number of carbonyl (C=O) groups excluding carboxylic acids is 2. The van der Waals surface area contributed by atoms with Crippen molar-refractivity contribution in [3.05, 3.63) is 72.2 Å². The molecule has 3 aromatic rings. The van der Waals surface area contributed by atoms with Crippen molar-refractivity contribution in [2.24, 2.45) is 0 Å². The fourth-order valence-electron chi connectivity index (χ4n) is 3.65. The number of benzene rings is 2. The quantitative estimate of drug-likeness (QED) is 0.574. The Balaban J connectivity index is 1.30. The SMILES string of the molecule is Cc1cc(N2CCN(C)CC2)ccc1NC(=O)COc1cccc(NC(=O)c2ccco2)c1. The smallest absolute Gasteiger partial charge is 0.291 e. The Kier molecular flexibility index (Phi) is 6.95. The Bertz CT molecular complexity index is 1110. The molecule has 0 bridgehead atoms. The molecule has 0 unspecified atom stereocenters. The van der Waals surface area contributed by atoms with Crippen LogP contribution in [0.2, 0.25) is 0 Å². The van der Waals surface area contributed by atoms with Gasteiger partial charge in [-0.3, -0.25) is 9.59 Å². The molecule has 0 spiro atoms. The lowest BCUT2D eigenvalue weighted by molar-refractivity contribution is -0.118. The van der Waals surface area contributed by atoms with Crippen LogP contribution in [0, 0.1) is 6.92 Å². The predicted molar refractivity (Wildman–Crippen MR) is 128 cm³/mol. The number of amides is 2. The highest BCUT2D eigenvalue weighted by Gasteiger charge is 2.15. The second kappa shape index (κ2) is 10.2. The zero-order valence-electron chi connectivity index (χ0n) is 18.8. The number of nitrogens with zero attached hydrogens (tertiary/aromatic N) is 2. The summed E-state index contributed by atoms with van der Waals surface area (Å²) in [5.74, 6) is 0.0834. The lowest BCUT2D eigenvalue weighted by Gasteiger charge is -2.34. The van der Waals surface area contributed by atoms with Gasteiger partial charge in [0.1, 0.15) is 5.75 Å². The number of ether oxygens (including phenoxy) is 1. The Labute approximate surface area is 193 Å². The summed E-state index contributed by atoms with van der Waals surface area (Å²) in [5.41, 5.74) is 3.48. The molecule has 0 saturated carbocycles. The lowest BCUT2D eigenvalue weighted by Crippen LogP contribution is -2.44. The molecule has 1 fully saturated rings. The van der Waals surface area contributed by atoms with Gasteiger partial charge in [-0.05, 0) is 62.0 Å². The summed E-state index contributed by atoms with van der Waals surface area (Å²) >= 11 is 0. The highest BCUT2D eigenvalue weighted by Crippen LogP contribution is 2.24. The number of furan rings is 1. The Hall–Kier alpha value is -3.78. The molecule has 2 amide bonds. The third kappa shape index (κ3) is 5.93. The Morgan fingerprint density at radius 3 is 2.55 bits per heavy atom. The first kappa shape index (κ1) is 22.4. The average Bonchev–Trinajstić information content (AvgIpc) is 3.35. The van der Waals surface area contributed by atoms with Gasteiger partial charge in [0.2, 0.25) is 0 Å². The van der Waals surface area contributed by atoms with Crippen LogP contribution in [0.1, 0.15) is 16.1 Å². The van der Waals surface area contributed by atoms with Crippen molar-refractivity contribution in [3.63, 3.8) is 0 Å². The summed E-state index contributed by atoms with van der Waals surface area (Å²) in [6.07, 6.45) is 1.44. The number of hydrogen-bond acceptors (Lipinski definition) is 6. The zero-order valence-corrected chi connectivity index (χ0v) is 18.8. The monoisotopic (exact) mass is 448 g/mol. The molecule has 33 heavy (non-hydrogen) atoms. The summed E-state index contributed by atoms with van der Waals surface area (Å²) in [6, 6.07) is 16.2. The van der Waals surface area contributed by atoms with Crippen molar-refractivity contribution in [1.82, 2.24) is 4.90 Å². The summed E-state index contributed by atoms with van der Waals surface area (Å²) in [6.45, 7) is 5.93. The summed E-state index contributed by atoms with van der Waals surface area (Å²) in [4.78, 5) is 29.2. The maximum absolute atomic E-state index is 12.4. The average molecular weight is 449 g/mol. The first-order chi connectivity index (χ1) is 16.0. The van der Waals surface area contributed by atoms with Gasteiger partial charge in [-0.15, -0.1) is 0 Å². The number of nitrogens with one attached hydrogen (secondary N) is 2. The van der Waals surface area contributed by atoms with E-state index in [-0.39, 0.29) is 24.2 Å². The summed E-state index contributed by atoms with van der Waals surface area (Å²) < 4.78 is 10.7.